The van der Waals surface area contributed by atoms with Crippen molar-refractivity contribution in [2.75, 3.05) is 0 Å². The van der Waals surface area contributed by atoms with E-state index in [2.05, 4.69) is 11.8 Å². The Bertz CT molecular complexity index is 718. The van der Waals surface area contributed by atoms with E-state index in [1.54, 1.807) is 12.1 Å². The number of aromatic carboxylic acids is 1. The van der Waals surface area contributed by atoms with Crippen LogP contribution in [0.5, 0.6) is 0 Å². The molecule has 0 fully saturated rings. The fourth-order valence-electron chi connectivity index (χ4n) is 2.46. The van der Waals surface area contributed by atoms with E-state index >= 15 is 0 Å². The topological polar surface area (TPSA) is 37.3 Å². The first-order chi connectivity index (χ1) is 9.27. The molecule has 19 heavy (non-hydrogen) atoms. The fourth-order valence-corrected chi connectivity index (χ4v) is 2.46. The monoisotopic (exact) mass is 248 g/mol. The molecule has 0 radical (unpaired) electrons. The van der Waals surface area contributed by atoms with Crippen molar-refractivity contribution in [1.29, 1.82) is 0 Å². The van der Waals surface area contributed by atoms with Crippen molar-refractivity contribution in [1.82, 2.24) is 0 Å². The van der Waals surface area contributed by atoms with Crippen LogP contribution in [0.3, 0.4) is 0 Å². The maximum Gasteiger partial charge on any atom is 0.336 e. The molecule has 1 aliphatic rings. The van der Waals surface area contributed by atoms with Crippen LogP contribution in [0.1, 0.15) is 27.9 Å². The van der Waals surface area contributed by atoms with Crippen molar-refractivity contribution in [2.45, 2.75) is 12.8 Å². The van der Waals surface area contributed by atoms with Crippen molar-refractivity contribution in [3.05, 3.63) is 59.2 Å². The van der Waals surface area contributed by atoms with Gasteiger partial charge < -0.3 is 5.11 Å². The van der Waals surface area contributed by atoms with Crippen LogP contribution in [0.15, 0.2) is 42.5 Å². The number of aryl methyl sites for hydroxylation is 1. The van der Waals surface area contributed by atoms with E-state index in [1.165, 1.54) is 0 Å². The summed E-state index contributed by atoms with van der Waals surface area (Å²) in [5, 5.41) is 9.38. The molecule has 0 amide bonds. The second-order valence-electron chi connectivity index (χ2n) is 4.49. The van der Waals surface area contributed by atoms with E-state index in [0.717, 1.165) is 35.1 Å². The molecule has 2 aromatic rings. The quantitative estimate of drug-likeness (QED) is 0.786. The van der Waals surface area contributed by atoms with Crippen molar-refractivity contribution in [2.24, 2.45) is 0 Å². The zero-order valence-electron chi connectivity index (χ0n) is 10.3. The molecular weight excluding hydrogens is 236 g/mol. The summed E-state index contributed by atoms with van der Waals surface area (Å²) in [5.41, 5.74) is 4.02. The van der Waals surface area contributed by atoms with Gasteiger partial charge in [0.25, 0.3) is 0 Å². The molecule has 92 valence electrons. The van der Waals surface area contributed by atoms with E-state index < -0.39 is 5.97 Å². The minimum absolute atomic E-state index is 0.321. The third-order valence-electron chi connectivity index (χ3n) is 3.32. The second-order valence-corrected chi connectivity index (χ2v) is 4.49. The molecule has 0 aliphatic heterocycles. The highest BCUT2D eigenvalue weighted by atomic mass is 16.4. The van der Waals surface area contributed by atoms with Gasteiger partial charge >= 0.3 is 5.97 Å². The Morgan fingerprint density at radius 3 is 2.79 bits per heavy atom. The zero-order valence-corrected chi connectivity index (χ0v) is 10.3. The molecule has 2 nitrogen and oxygen atoms in total. The number of hydrogen-bond donors (Lipinski definition) is 1. The predicted molar refractivity (Wildman–Crippen MR) is 74.0 cm³/mol. The van der Waals surface area contributed by atoms with Gasteiger partial charge in [-0.1, -0.05) is 42.2 Å². The maximum absolute atomic E-state index is 11.4. The largest absolute Gasteiger partial charge is 0.478 e. The number of carboxylic acids is 1. The molecule has 0 spiro atoms. The average molecular weight is 248 g/mol. The Morgan fingerprint density at radius 2 is 1.95 bits per heavy atom. The van der Waals surface area contributed by atoms with Crippen LogP contribution in [-0.2, 0) is 6.42 Å². The standard InChI is InChI=1S/C17H12O2/c18-17(19)15-11-5-9-13-8-2-1-6-12-7-3-4-10-14(12)16(13)15/h3-5,7,9-11H,1,6H2,(H,18,19). The van der Waals surface area contributed by atoms with Gasteiger partial charge in [-0.2, -0.15) is 0 Å². The van der Waals surface area contributed by atoms with E-state index in [1.807, 2.05) is 30.3 Å². The Hall–Kier alpha value is -2.53. The van der Waals surface area contributed by atoms with Gasteiger partial charge in [0.15, 0.2) is 0 Å². The maximum atomic E-state index is 11.4. The third-order valence-corrected chi connectivity index (χ3v) is 3.32. The van der Waals surface area contributed by atoms with Gasteiger partial charge in [0.05, 0.1) is 5.56 Å². The van der Waals surface area contributed by atoms with Crippen LogP contribution in [0.25, 0.3) is 11.1 Å². The summed E-state index contributed by atoms with van der Waals surface area (Å²) in [6.07, 6.45) is 1.66. The molecule has 1 aliphatic carbocycles. The van der Waals surface area contributed by atoms with Crippen LogP contribution < -0.4 is 0 Å². The highest BCUT2D eigenvalue weighted by Gasteiger charge is 2.17. The number of rotatable bonds is 1. The average Bonchev–Trinajstić information content (AvgIpc) is 2.41. The minimum atomic E-state index is -0.908. The molecule has 1 N–H and O–H groups in total. The first kappa shape index (κ1) is 11.6. The SMILES string of the molecule is O=C(O)c1cccc2c1-c1ccccc1CCC#C2. The molecule has 0 saturated heterocycles. The van der Waals surface area contributed by atoms with Crippen LogP contribution in [-0.4, -0.2) is 11.1 Å². The molecule has 2 aromatic carbocycles. The Balaban J connectivity index is 2.38. The fraction of sp³-hybridized carbons (Fsp3) is 0.118. The molecule has 3 rings (SSSR count). The molecule has 0 unspecified atom stereocenters. The van der Waals surface area contributed by atoms with Crippen LogP contribution in [0.2, 0.25) is 0 Å². The van der Waals surface area contributed by atoms with Gasteiger partial charge in [-0.25, -0.2) is 4.79 Å². The third kappa shape index (κ3) is 2.00. The molecule has 0 aromatic heterocycles. The lowest BCUT2D eigenvalue weighted by atomic mass is 9.88. The first-order valence-corrected chi connectivity index (χ1v) is 6.21. The second kappa shape index (κ2) is 4.62. The van der Waals surface area contributed by atoms with E-state index in [9.17, 15) is 9.90 Å². The van der Waals surface area contributed by atoms with Gasteiger partial charge in [-0.3, -0.25) is 0 Å². The highest BCUT2D eigenvalue weighted by molar-refractivity contribution is 5.98. The van der Waals surface area contributed by atoms with Gasteiger partial charge in [0, 0.05) is 17.5 Å². The Labute approximate surface area is 111 Å². The summed E-state index contributed by atoms with van der Waals surface area (Å²) < 4.78 is 0. The van der Waals surface area contributed by atoms with E-state index in [4.69, 9.17) is 0 Å². The Morgan fingerprint density at radius 1 is 1.11 bits per heavy atom. The zero-order chi connectivity index (χ0) is 13.2. The summed E-state index contributed by atoms with van der Waals surface area (Å²) in [6.45, 7) is 0. The van der Waals surface area contributed by atoms with E-state index in [0.29, 0.717) is 5.56 Å². The van der Waals surface area contributed by atoms with Crippen molar-refractivity contribution in [3.8, 4) is 23.0 Å². The van der Waals surface area contributed by atoms with Gasteiger partial charge in [0.1, 0.15) is 0 Å². The molecule has 0 bridgehead atoms. The molecule has 0 atom stereocenters. The predicted octanol–water partition coefficient (Wildman–Crippen LogP) is 3.35. The smallest absolute Gasteiger partial charge is 0.336 e. The van der Waals surface area contributed by atoms with E-state index in [-0.39, 0.29) is 0 Å². The summed E-state index contributed by atoms with van der Waals surface area (Å²) in [7, 11) is 0. The van der Waals surface area contributed by atoms with Crippen molar-refractivity contribution < 1.29 is 9.90 Å². The summed E-state index contributed by atoms with van der Waals surface area (Å²) in [5.74, 6) is 5.29. The number of hydrogen-bond acceptors (Lipinski definition) is 1. The van der Waals surface area contributed by atoms with Crippen LogP contribution in [0.4, 0.5) is 0 Å². The van der Waals surface area contributed by atoms with Crippen LogP contribution >= 0.6 is 0 Å². The normalized spacial score (nSPS) is 12.2. The number of carboxylic acid groups (broad SMARTS) is 1. The lowest BCUT2D eigenvalue weighted by Crippen LogP contribution is -2.04. The molecule has 2 heteroatoms. The molecular formula is C17H12O2. The summed E-state index contributed by atoms with van der Waals surface area (Å²) >= 11 is 0. The number of fused-ring (bicyclic) bond motifs is 3. The molecule has 0 heterocycles. The van der Waals surface area contributed by atoms with Gasteiger partial charge in [-0.15, -0.1) is 0 Å². The summed E-state index contributed by atoms with van der Waals surface area (Å²) in [4.78, 5) is 11.4. The Kier molecular flexibility index (Phi) is 2.81. The van der Waals surface area contributed by atoms with Crippen LogP contribution in [0, 0.1) is 11.8 Å². The number of carbonyl (C=O) groups is 1. The van der Waals surface area contributed by atoms with Gasteiger partial charge in [0.2, 0.25) is 0 Å². The van der Waals surface area contributed by atoms with Crippen molar-refractivity contribution in [3.63, 3.8) is 0 Å². The highest BCUT2D eigenvalue weighted by Crippen LogP contribution is 2.32. The number of benzene rings is 2. The summed E-state index contributed by atoms with van der Waals surface area (Å²) in [6, 6.07) is 13.2. The first-order valence-electron chi connectivity index (χ1n) is 6.21. The lowest BCUT2D eigenvalue weighted by molar-refractivity contribution is 0.0697. The lowest BCUT2D eigenvalue weighted by Gasteiger charge is -2.15. The minimum Gasteiger partial charge on any atom is -0.478 e. The van der Waals surface area contributed by atoms with Crippen molar-refractivity contribution >= 4 is 5.97 Å². The van der Waals surface area contributed by atoms with Gasteiger partial charge in [-0.05, 0) is 29.7 Å². The molecule has 0 saturated carbocycles.